The number of carbonyl (C=O) groups excluding carboxylic acids is 2. The number of fused-ring (bicyclic) bond motifs is 1. The van der Waals surface area contributed by atoms with Crippen molar-refractivity contribution in [3.8, 4) is 0 Å². The number of nitrogens with one attached hydrogen (secondary N) is 1. The van der Waals surface area contributed by atoms with E-state index < -0.39 is 5.54 Å². The van der Waals surface area contributed by atoms with Gasteiger partial charge in [-0.25, -0.2) is 9.69 Å². The minimum atomic E-state index is -0.640. The van der Waals surface area contributed by atoms with Crippen molar-refractivity contribution in [2.45, 2.75) is 51.1 Å². The fraction of sp³-hybridized carbons (Fsp3) is 0.538. The molecule has 170 valence electrons. The van der Waals surface area contributed by atoms with Gasteiger partial charge in [-0.05, 0) is 47.9 Å². The third-order valence-corrected chi connectivity index (χ3v) is 7.86. The maximum absolute atomic E-state index is 13.2. The van der Waals surface area contributed by atoms with E-state index in [1.54, 1.807) is 0 Å². The van der Waals surface area contributed by atoms with Gasteiger partial charge in [0.1, 0.15) is 5.54 Å². The lowest BCUT2D eigenvalue weighted by Crippen LogP contribution is -2.52. The van der Waals surface area contributed by atoms with E-state index in [2.05, 4.69) is 64.5 Å². The summed E-state index contributed by atoms with van der Waals surface area (Å²) in [6, 6.07) is 14.9. The zero-order valence-corrected chi connectivity index (χ0v) is 19.1. The molecular weight excluding hydrogens is 400 g/mol. The number of nitrogens with zero attached hydrogens (tertiary/aromatic N) is 3. The third kappa shape index (κ3) is 4.02. The van der Waals surface area contributed by atoms with Gasteiger partial charge < -0.3 is 5.32 Å². The molecule has 2 aromatic rings. The number of imide groups is 1. The summed E-state index contributed by atoms with van der Waals surface area (Å²) < 4.78 is 0. The second-order valence-electron chi connectivity index (χ2n) is 9.77. The second-order valence-corrected chi connectivity index (χ2v) is 9.77. The number of hydrogen-bond acceptors (Lipinski definition) is 4. The number of hydrogen-bond donors (Lipinski definition) is 1. The van der Waals surface area contributed by atoms with Crippen molar-refractivity contribution in [1.82, 2.24) is 20.0 Å². The molecule has 3 aliphatic rings. The Morgan fingerprint density at radius 3 is 2.38 bits per heavy atom. The summed E-state index contributed by atoms with van der Waals surface area (Å²) in [5.74, 6) is 0.685. The average Bonchev–Trinajstić information content (AvgIpc) is 3.05. The maximum Gasteiger partial charge on any atom is 0.326 e. The Morgan fingerprint density at radius 1 is 0.938 bits per heavy atom. The van der Waals surface area contributed by atoms with Gasteiger partial charge in [0, 0.05) is 32.7 Å². The molecule has 0 unspecified atom stereocenters. The van der Waals surface area contributed by atoms with Gasteiger partial charge in [0.05, 0.1) is 6.67 Å². The summed E-state index contributed by atoms with van der Waals surface area (Å²) in [7, 11) is 0. The Morgan fingerprint density at radius 2 is 1.62 bits per heavy atom. The van der Waals surface area contributed by atoms with Crippen LogP contribution in [0.25, 0.3) is 10.8 Å². The van der Waals surface area contributed by atoms with Crippen molar-refractivity contribution in [3.63, 3.8) is 0 Å². The highest BCUT2D eigenvalue weighted by Gasteiger charge is 2.52. The maximum atomic E-state index is 13.2. The van der Waals surface area contributed by atoms with Gasteiger partial charge in [0.2, 0.25) is 0 Å². The van der Waals surface area contributed by atoms with Gasteiger partial charge in [-0.3, -0.25) is 14.6 Å². The average molecular weight is 435 g/mol. The Balaban J connectivity index is 1.17. The first-order chi connectivity index (χ1) is 15.6. The Bertz CT molecular complexity index is 985. The highest BCUT2D eigenvalue weighted by molar-refractivity contribution is 6.07. The van der Waals surface area contributed by atoms with Gasteiger partial charge in [-0.1, -0.05) is 55.8 Å². The van der Waals surface area contributed by atoms with Crippen molar-refractivity contribution in [2.75, 3.05) is 32.8 Å². The molecule has 6 nitrogen and oxygen atoms in total. The van der Waals surface area contributed by atoms with Crippen molar-refractivity contribution in [2.24, 2.45) is 5.92 Å². The van der Waals surface area contributed by atoms with E-state index in [1.807, 2.05) is 0 Å². The van der Waals surface area contributed by atoms with Crippen molar-refractivity contribution in [1.29, 1.82) is 0 Å². The molecule has 2 heterocycles. The fourth-order valence-electron chi connectivity index (χ4n) is 5.68. The largest absolute Gasteiger partial charge is 0.326 e. The summed E-state index contributed by atoms with van der Waals surface area (Å²) in [5.41, 5.74) is 0.717. The van der Waals surface area contributed by atoms with Crippen LogP contribution in [0.4, 0.5) is 4.79 Å². The lowest BCUT2D eigenvalue weighted by molar-refractivity contribution is -0.134. The topological polar surface area (TPSA) is 55.9 Å². The molecule has 0 radical (unpaired) electrons. The van der Waals surface area contributed by atoms with Crippen LogP contribution in [-0.2, 0) is 11.3 Å². The van der Waals surface area contributed by atoms with E-state index in [-0.39, 0.29) is 11.9 Å². The molecule has 2 saturated heterocycles. The molecule has 0 atom stereocenters. The molecule has 0 bridgehead atoms. The van der Waals surface area contributed by atoms with Gasteiger partial charge in [0.25, 0.3) is 5.91 Å². The van der Waals surface area contributed by atoms with Gasteiger partial charge in [-0.15, -0.1) is 0 Å². The SMILES string of the molecule is CCC1CCC2(CC1)NC(=O)N(CN1CCN(Cc3cccc4ccccc34)CC1)C2=O. The smallest absolute Gasteiger partial charge is 0.323 e. The molecule has 3 amide bonds. The van der Waals surface area contributed by atoms with Crippen molar-refractivity contribution < 1.29 is 9.59 Å². The Labute approximate surface area is 190 Å². The minimum Gasteiger partial charge on any atom is -0.323 e. The molecule has 1 N–H and O–H groups in total. The van der Waals surface area contributed by atoms with Crippen LogP contribution in [0.1, 0.15) is 44.6 Å². The van der Waals surface area contributed by atoms with E-state index >= 15 is 0 Å². The van der Waals surface area contributed by atoms with Crippen LogP contribution in [-0.4, -0.2) is 65.0 Å². The lowest BCUT2D eigenvalue weighted by Gasteiger charge is -2.37. The molecule has 1 aliphatic carbocycles. The number of benzene rings is 2. The molecule has 0 aromatic heterocycles. The fourth-order valence-corrected chi connectivity index (χ4v) is 5.68. The van der Waals surface area contributed by atoms with E-state index in [0.717, 1.165) is 64.8 Å². The number of rotatable bonds is 5. The van der Waals surface area contributed by atoms with Crippen LogP contribution in [0.5, 0.6) is 0 Å². The normalized spacial score (nSPS) is 27.4. The molecule has 1 spiro atoms. The molecule has 1 saturated carbocycles. The molecule has 3 fully saturated rings. The van der Waals surface area contributed by atoms with Crippen LogP contribution in [0.15, 0.2) is 42.5 Å². The summed E-state index contributed by atoms with van der Waals surface area (Å²) >= 11 is 0. The van der Waals surface area contributed by atoms with Crippen LogP contribution >= 0.6 is 0 Å². The monoisotopic (exact) mass is 434 g/mol. The molecular formula is C26H34N4O2. The highest BCUT2D eigenvalue weighted by atomic mass is 16.2. The van der Waals surface area contributed by atoms with E-state index in [4.69, 9.17) is 0 Å². The molecule has 6 heteroatoms. The van der Waals surface area contributed by atoms with Crippen molar-refractivity contribution in [3.05, 3.63) is 48.0 Å². The second kappa shape index (κ2) is 8.83. The van der Waals surface area contributed by atoms with Crippen LogP contribution in [0, 0.1) is 5.92 Å². The van der Waals surface area contributed by atoms with Gasteiger partial charge in [0.15, 0.2) is 0 Å². The summed E-state index contributed by atoms with van der Waals surface area (Å²) in [4.78, 5) is 32.0. The van der Waals surface area contributed by atoms with Crippen LogP contribution < -0.4 is 5.32 Å². The predicted octanol–water partition coefficient (Wildman–Crippen LogP) is 3.81. The van der Waals surface area contributed by atoms with Gasteiger partial charge >= 0.3 is 6.03 Å². The number of urea groups is 1. The molecule has 2 aromatic carbocycles. The third-order valence-electron chi connectivity index (χ3n) is 7.86. The predicted molar refractivity (Wildman–Crippen MR) is 126 cm³/mol. The Hall–Kier alpha value is -2.44. The van der Waals surface area contributed by atoms with E-state index in [9.17, 15) is 9.59 Å². The van der Waals surface area contributed by atoms with Gasteiger partial charge in [-0.2, -0.15) is 0 Å². The molecule has 2 aliphatic heterocycles. The van der Waals surface area contributed by atoms with E-state index in [1.165, 1.54) is 21.2 Å². The van der Waals surface area contributed by atoms with Crippen LogP contribution in [0.2, 0.25) is 0 Å². The van der Waals surface area contributed by atoms with Crippen LogP contribution in [0.3, 0.4) is 0 Å². The zero-order chi connectivity index (χ0) is 22.1. The Kier molecular flexibility index (Phi) is 5.91. The number of amides is 3. The summed E-state index contributed by atoms with van der Waals surface area (Å²) in [6.45, 7) is 7.17. The first-order valence-electron chi connectivity index (χ1n) is 12.1. The first-order valence-corrected chi connectivity index (χ1v) is 12.1. The zero-order valence-electron chi connectivity index (χ0n) is 19.1. The van der Waals surface area contributed by atoms with Crippen molar-refractivity contribution >= 4 is 22.7 Å². The number of piperazine rings is 1. The lowest BCUT2D eigenvalue weighted by atomic mass is 9.75. The standard InChI is InChI=1S/C26H34N4O2/c1-2-20-10-12-26(13-11-20)24(31)30(25(32)27-26)19-29-16-14-28(15-17-29)18-22-8-5-7-21-6-3-4-9-23(21)22/h3-9,20H,2,10-19H2,1H3,(H,27,32). The van der Waals surface area contributed by atoms with E-state index in [0.29, 0.717) is 12.6 Å². The highest BCUT2D eigenvalue weighted by Crippen LogP contribution is 2.37. The number of carbonyl (C=O) groups is 2. The summed E-state index contributed by atoms with van der Waals surface area (Å²) in [6.07, 6.45) is 4.79. The molecule has 5 rings (SSSR count). The first kappa shape index (κ1) is 21.4. The minimum absolute atomic E-state index is 0.00441. The quantitative estimate of drug-likeness (QED) is 0.727. The summed E-state index contributed by atoms with van der Waals surface area (Å²) in [5, 5.41) is 5.66. The molecule has 32 heavy (non-hydrogen) atoms.